The fourth-order valence-electron chi connectivity index (χ4n) is 5.91. The molecule has 0 amide bonds. The Morgan fingerprint density at radius 2 is 0.968 bits per heavy atom. The van der Waals surface area contributed by atoms with Crippen LogP contribution in [0.2, 0.25) is 26.2 Å². The van der Waals surface area contributed by atoms with Crippen LogP contribution in [-0.2, 0) is 23.2 Å². The fraction of sp³-hybridized carbons (Fsp3) is 0.667. The molecule has 0 spiro atoms. The summed E-state index contributed by atoms with van der Waals surface area (Å²) in [4.78, 5) is 0. The maximum Gasteiger partial charge on any atom is -1.00 e. The Morgan fingerprint density at radius 3 is 1.29 bits per heavy atom. The van der Waals surface area contributed by atoms with Gasteiger partial charge in [0.15, 0.2) is 0 Å². The molecule has 0 atom stereocenters. The fourth-order valence-corrected chi connectivity index (χ4v) is 20.9. The van der Waals surface area contributed by atoms with Crippen LogP contribution in [0.5, 0.6) is 0 Å². The van der Waals surface area contributed by atoms with E-state index in [-0.39, 0.29) is 34.0 Å². The molecule has 0 aromatic carbocycles. The summed E-state index contributed by atoms with van der Waals surface area (Å²) in [5.74, 6) is 0. The number of halogens is 2. The molecule has 2 aliphatic carbocycles. The van der Waals surface area contributed by atoms with Crippen molar-refractivity contribution in [3.8, 4) is 0 Å². The molecular weight excluding hydrogens is 623 g/mol. The zero-order chi connectivity index (χ0) is 20.8. The smallest absolute Gasteiger partial charge is 1.00 e. The van der Waals surface area contributed by atoms with Crippen molar-refractivity contribution in [2.75, 3.05) is 26.2 Å². The zero-order valence-corrected chi connectivity index (χ0v) is 28.0. The molecule has 2 aliphatic heterocycles. The van der Waals surface area contributed by atoms with Crippen molar-refractivity contribution >= 4 is 16.5 Å². The van der Waals surface area contributed by atoms with Crippen molar-refractivity contribution in [3.05, 3.63) is 40.3 Å². The monoisotopic (exact) mass is 660 g/mol. The Balaban J connectivity index is 0.00000171. The summed E-state index contributed by atoms with van der Waals surface area (Å²) in [5.41, 5.74) is 3.30. The average Bonchev–Trinajstić information content (AvgIpc) is 3.44. The summed E-state index contributed by atoms with van der Waals surface area (Å²) in [6.45, 7) is 20.8. The minimum atomic E-state index is -1.47. The van der Waals surface area contributed by atoms with Gasteiger partial charge in [-0.2, -0.15) is 0 Å². The summed E-state index contributed by atoms with van der Waals surface area (Å²) in [7, 11) is -2.93. The second-order valence-corrected chi connectivity index (χ2v) is 22.3. The molecule has 2 heterocycles. The van der Waals surface area contributed by atoms with Crippen LogP contribution in [0, 0.1) is 0 Å². The Labute approximate surface area is 226 Å². The van der Waals surface area contributed by atoms with Gasteiger partial charge in [-0.3, -0.25) is 0 Å². The first-order valence-electron chi connectivity index (χ1n) is 11.8. The van der Waals surface area contributed by atoms with E-state index in [9.17, 15) is 0 Å². The SMILES string of the molecule is CC1=CCC([Si](C)(C)N2CCCC2)=[C]1[Zr+2][C]1=C([Si](C)(C)N2CCCC2)CC=C1C.[Br-].[Br-]. The van der Waals surface area contributed by atoms with E-state index < -0.39 is 39.7 Å². The quantitative estimate of drug-likeness (QED) is 0.369. The van der Waals surface area contributed by atoms with Crippen molar-refractivity contribution in [2.24, 2.45) is 0 Å². The van der Waals surface area contributed by atoms with Gasteiger partial charge in [-0.15, -0.1) is 0 Å². The van der Waals surface area contributed by atoms with Gasteiger partial charge < -0.3 is 34.0 Å². The van der Waals surface area contributed by atoms with Crippen LogP contribution < -0.4 is 34.0 Å². The van der Waals surface area contributed by atoms with Crippen LogP contribution in [0.1, 0.15) is 52.4 Å². The van der Waals surface area contributed by atoms with Crippen LogP contribution in [0.3, 0.4) is 0 Å². The van der Waals surface area contributed by atoms with E-state index in [1.807, 2.05) is 17.0 Å². The Bertz CT molecular complexity index is 736. The van der Waals surface area contributed by atoms with Crippen LogP contribution in [0.4, 0.5) is 0 Å². The molecule has 4 rings (SSSR count). The normalized spacial score (nSPS) is 23.0. The van der Waals surface area contributed by atoms with E-state index in [2.05, 4.69) is 61.3 Å². The number of hydrogen-bond acceptors (Lipinski definition) is 2. The largest absolute Gasteiger partial charge is 1.00 e. The van der Waals surface area contributed by atoms with Gasteiger partial charge in [-0.25, -0.2) is 0 Å². The van der Waals surface area contributed by atoms with Crippen molar-refractivity contribution in [2.45, 2.75) is 78.6 Å². The van der Waals surface area contributed by atoms with Crippen molar-refractivity contribution in [1.82, 2.24) is 9.13 Å². The molecule has 172 valence electrons. The van der Waals surface area contributed by atoms with E-state index in [1.54, 1.807) is 11.1 Å². The van der Waals surface area contributed by atoms with Gasteiger partial charge in [0.2, 0.25) is 0 Å². The summed E-state index contributed by atoms with van der Waals surface area (Å²) in [6, 6.07) is 0. The van der Waals surface area contributed by atoms with Crippen molar-refractivity contribution < 1.29 is 57.2 Å². The standard InChI is InChI=1S/2C12H20NSi.2BrH.Zr/c2*1-11-6-7-12(10-11)14(2,3)13-8-4-5-9-13;;;/h2*6H,4-5,7-9H2,1-3H3;2*1H;/q;;;;+2/p-2. The first-order valence-corrected chi connectivity index (χ1v) is 20.2. The third-order valence-electron chi connectivity index (χ3n) is 8.14. The van der Waals surface area contributed by atoms with Gasteiger partial charge in [0.1, 0.15) is 0 Å². The van der Waals surface area contributed by atoms with E-state index >= 15 is 0 Å². The maximum absolute atomic E-state index is 2.91. The summed E-state index contributed by atoms with van der Waals surface area (Å²) in [6.07, 6.45) is 13.3. The Kier molecular flexibility index (Phi) is 10.3. The topological polar surface area (TPSA) is 6.48 Å². The molecule has 2 nitrogen and oxygen atoms in total. The maximum atomic E-state index is 2.91. The summed E-state index contributed by atoms with van der Waals surface area (Å²) < 4.78 is 9.60. The van der Waals surface area contributed by atoms with E-state index in [0.717, 1.165) is 0 Å². The molecule has 4 aliphatic rings. The third kappa shape index (κ3) is 5.54. The van der Waals surface area contributed by atoms with Gasteiger partial charge in [0.05, 0.1) is 0 Å². The Morgan fingerprint density at radius 1 is 0.645 bits per heavy atom. The minimum Gasteiger partial charge on any atom is -1.00 e. The van der Waals surface area contributed by atoms with Gasteiger partial charge >= 0.3 is 194 Å². The van der Waals surface area contributed by atoms with Gasteiger partial charge in [-0.1, -0.05) is 0 Å². The molecule has 0 saturated carbocycles. The number of rotatable bonds is 6. The third-order valence-corrected chi connectivity index (χ3v) is 21.9. The van der Waals surface area contributed by atoms with E-state index in [4.69, 9.17) is 0 Å². The minimum absolute atomic E-state index is 0. The van der Waals surface area contributed by atoms with E-state index in [0.29, 0.717) is 0 Å². The molecule has 0 aromatic heterocycles. The zero-order valence-electron chi connectivity index (χ0n) is 20.4. The molecule has 0 N–H and O–H groups in total. The van der Waals surface area contributed by atoms with Crippen molar-refractivity contribution in [3.63, 3.8) is 0 Å². The summed E-state index contributed by atoms with van der Waals surface area (Å²) in [5, 5.41) is 3.83. The van der Waals surface area contributed by atoms with Crippen LogP contribution in [-0.4, -0.2) is 51.8 Å². The number of hydrogen-bond donors (Lipinski definition) is 0. The molecular formula is C24H40Br2N2Si2Zr. The first-order chi connectivity index (χ1) is 13.7. The predicted octanol–water partition coefficient (Wildman–Crippen LogP) is -0.0347. The molecule has 0 unspecified atom stereocenters. The van der Waals surface area contributed by atoms with Gasteiger partial charge in [0, 0.05) is 0 Å². The van der Waals surface area contributed by atoms with Crippen LogP contribution in [0.15, 0.2) is 40.3 Å². The first kappa shape index (κ1) is 28.4. The van der Waals surface area contributed by atoms with Gasteiger partial charge in [0.25, 0.3) is 0 Å². The molecule has 2 saturated heterocycles. The molecule has 2 fully saturated rings. The Hall–Kier alpha value is 1.16. The van der Waals surface area contributed by atoms with E-state index in [1.165, 1.54) is 64.7 Å². The average molecular weight is 664 g/mol. The molecule has 0 radical (unpaired) electrons. The van der Waals surface area contributed by atoms with Crippen LogP contribution in [0.25, 0.3) is 0 Å². The molecule has 31 heavy (non-hydrogen) atoms. The number of allylic oxidation sites excluding steroid dienone is 8. The van der Waals surface area contributed by atoms with Crippen molar-refractivity contribution in [1.29, 1.82) is 0 Å². The molecule has 0 bridgehead atoms. The number of nitrogens with zero attached hydrogens (tertiary/aromatic N) is 2. The second kappa shape index (κ2) is 11.3. The summed E-state index contributed by atoms with van der Waals surface area (Å²) >= 11 is -0.758. The van der Waals surface area contributed by atoms with Crippen LogP contribution >= 0.6 is 0 Å². The molecule has 0 aromatic rings. The predicted molar refractivity (Wildman–Crippen MR) is 127 cm³/mol. The second-order valence-electron chi connectivity index (χ2n) is 10.5. The van der Waals surface area contributed by atoms with Gasteiger partial charge in [-0.05, 0) is 0 Å². The molecule has 7 heteroatoms.